The van der Waals surface area contributed by atoms with E-state index in [0.29, 0.717) is 16.8 Å². The van der Waals surface area contributed by atoms with Gasteiger partial charge in [0.1, 0.15) is 25.4 Å². The van der Waals surface area contributed by atoms with Crippen molar-refractivity contribution in [1.82, 2.24) is 0 Å². The van der Waals surface area contributed by atoms with Crippen molar-refractivity contribution in [2.45, 2.75) is 6.61 Å². The monoisotopic (exact) mass is 333 g/mol. The fraction of sp³-hybridized carbons (Fsp3) is 0.176. The van der Waals surface area contributed by atoms with Gasteiger partial charge >= 0.3 is 0 Å². The Bertz CT molecular complexity index is 776. The molecule has 126 valence electrons. The number of nitrogens with two attached hydrogens (primary N) is 1. The average molecular weight is 333 g/mol. The molecule has 0 spiro atoms. The molecule has 2 aromatic rings. The summed E-state index contributed by atoms with van der Waals surface area (Å²) in [6, 6.07) is 10.3. The lowest BCUT2D eigenvalue weighted by Crippen LogP contribution is -2.26. The van der Waals surface area contributed by atoms with Crippen molar-refractivity contribution < 1.29 is 18.4 Å². The number of rotatable bonds is 6. The van der Waals surface area contributed by atoms with Gasteiger partial charge in [-0.2, -0.15) is 0 Å². The minimum absolute atomic E-state index is 0.0401. The van der Waals surface area contributed by atoms with Crippen molar-refractivity contribution in [1.29, 1.82) is 0 Å². The molecule has 0 heterocycles. The zero-order valence-electron chi connectivity index (χ0n) is 13.3. The van der Waals surface area contributed by atoms with Gasteiger partial charge in [-0.1, -0.05) is 29.4 Å². The molecule has 2 aromatic carbocycles. The van der Waals surface area contributed by atoms with Gasteiger partial charge in [0.25, 0.3) is 0 Å². The van der Waals surface area contributed by atoms with Gasteiger partial charge in [0.15, 0.2) is 17.3 Å². The van der Waals surface area contributed by atoms with E-state index >= 15 is 0 Å². The van der Waals surface area contributed by atoms with Gasteiger partial charge in [-0.3, -0.25) is 4.99 Å². The highest BCUT2D eigenvalue weighted by Crippen LogP contribution is 2.20. The lowest BCUT2D eigenvalue weighted by molar-refractivity contribution is 0.214. The smallest absolute Gasteiger partial charge is 0.167 e. The largest absolute Gasteiger partial charge is 0.486 e. The normalized spacial score (nSPS) is 12.2. The summed E-state index contributed by atoms with van der Waals surface area (Å²) >= 11 is 0. The Balaban J connectivity index is 2.30. The molecule has 0 aliphatic heterocycles. The predicted octanol–water partition coefficient (Wildman–Crippen LogP) is 2.88. The second-order valence-electron chi connectivity index (χ2n) is 4.75. The van der Waals surface area contributed by atoms with E-state index in [2.05, 4.69) is 10.1 Å². The van der Waals surface area contributed by atoms with Crippen LogP contribution in [0.1, 0.15) is 11.1 Å². The number of ether oxygens (including phenoxy) is 1. The molecule has 2 rings (SSSR count). The summed E-state index contributed by atoms with van der Waals surface area (Å²) in [4.78, 5) is 8.72. The number of nitrogens with zero attached hydrogens (tertiary/aromatic N) is 2. The molecule has 0 fully saturated rings. The van der Waals surface area contributed by atoms with Crippen LogP contribution in [0, 0.1) is 11.6 Å². The molecular formula is C17H17F2N3O2. The SMILES string of the molecule is CN=C(N)C(=NOC)c1ccccc1COc1ccc(F)cc1F. The second-order valence-corrected chi connectivity index (χ2v) is 4.75. The molecule has 7 heteroatoms. The van der Waals surface area contributed by atoms with E-state index in [9.17, 15) is 8.78 Å². The number of aliphatic imine (C=N–C) groups is 1. The summed E-state index contributed by atoms with van der Waals surface area (Å²) in [7, 11) is 2.93. The highest BCUT2D eigenvalue weighted by molar-refractivity contribution is 6.47. The van der Waals surface area contributed by atoms with Crippen molar-refractivity contribution in [2.75, 3.05) is 14.2 Å². The van der Waals surface area contributed by atoms with Crippen LogP contribution in [0.15, 0.2) is 52.6 Å². The van der Waals surface area contributed by atoms with Crippen LogP contribution in [-0.2, 0) is 11.4 Å². The van der Waals surface area contributed by atoms with E-state index in [-0.39, 0.29) is 18.2 Å². The van der Waals surface area contributed by atoms with Crippen molar-refractivity contribution in [3.8, 4) is 5.75 Å². The maximum atomic E-state index is 13.7. The Morgan fingerprint density at radius 3 is 2.58 bits per heavy atom. The molecule has 24 heavy (non-hydrogen) atoms. The zero-order chi connectivity index (χ0) is 17.5. The highest BCUT2D eigenvalue weighted by atomic mass is 19.1. The molecule has 5 nitrogen and oxygen atoms in total. The molecule has 2 N–H and O–H groups in total. The molecular weight excluding hydrogens is 316 g/mol. The zero-order valence-corrected chi connectivity index (χ0v) is 13.3. The number of benzene rings is 2. The van der Waals surface area contributed by atoms with Crippen LogP contribution in [0.25, 0.3) is 0 Å². The molecule has 0 amide bonds. The van der Waals surface area contributed by atoms with Crippen molar-refractivity contribution in [3.05, 3.63) is 65.2 Å². The summed E-state index contributed by atoms with van der Waals surface area (Å²) in [5, 5.41) is 3.89. The molecule has 0 radical (unpaired) electrons. The Morgan fingerprint density at radius 1 is 1.17 bits per heavy atom. The molecule has 0 bridgehead atoms. The molecule has 0 aliphatic carbocycles. The van der Waals surface area contributed by atoms with Gasteiger partial charge in [-0.15, -0.1) is 0 Å². The van der Waals surface area contributed by atoms with Crippen LogP contribution in [-0.4, -0.2) is 25.7 Å². The number of halogens is 2. The summed E-state index contributed by atoms with van der Waals surface area (Å²) in [5.74, 6) is -1.29. The van der Waals surface area contributed by atoms with E-state index < -0.39 is 11.6 Å². The Morgan fingerprint density at radius 2 is 1.92 bits per heavy atom. The molecule has 0 saturated heterocycles. The van der Waals surface area contributed by atoms with Gasteiger partial charge in [0.2, 0.25) is 0 Å². The van der Waals surface area contributed by atoms with Gasteiger partial charge in [0, 0.05) is 18.7 Å². The van der Waals surface area contributed by atoms with E-state index in [0.717, 1.165) is 12.1 Å². The van der Waals surface area contributed by atoms with E-state index in [1.807, 2.05) is 0 Å². The lowest BCUT2D eigenvalue weighted by Gasteiger charge is -2.12. The average Bonchev–Trinajstić information content (AvgIpc) is 2.59. The number of oxime groups is 1. The fourth-order valence-corrected chi connectivity index (χ4v) is 2.06. The first-order valence-electron chi connectivity index (χ1n) is 7.06. The summed E-state index contributed by atoms with van der Waals surface area (Å²) in [6.07, 6.45) is 0. The summed E-state index contributed by atoms with van der Waals surface area (Å²) in [5.41, 5.74) is 7.54. The van der Waals surface area contributed by atoms with Crippen LogP contribution in [0.4, 0.5) is 8.78 Å². The minimum Gasteiger partial charge on any atom is -0.486 e. The molecule has 0 aliphatic rings. The van der Waals surface area contributed by atoms with Crippen LogP contribution in [0.2, 0.25) is 0 Å². The van der Waals surface area contributed by atoms with Crippen molar-refractivity contribution >= 4 is 11.5 Å². The lowest BCUT2D eigenvalue weighted by atomic mass is 10.0. The molecule has 0 atom stereocenters. The third-order valence-electron chi connectivity index (χ3n) is 3.22. The Kier molecular flexibility index (Phi) is 5.83. The number of hydrogen-bond donors (Lipinski definition) is 1. The molecule has 0 aromatic heterocycles. The van der Waals surface area contributed by atoms with Crippen molar-refractivity contribution in [2.24, 2.45) is 15.9 Å². The van der Waals surface area contributed by atoms with Gasteiger partial charge < -0.3 is 15.3 Å². The molecule has 0 unspecified atom stereocenters. The summed E-state index contributed by atoms with van der Waals surface area (Å²) in [6.45, 7) is 0.0401. The van der Waals surface area contributed by atoms with Gasteiger partial charge in [-0.05, 0) is 17.7 Å². The standard InChI is InChI=1S/C17H17F2N3O2/c1-21-17(20)16(22-23-2)13-6-4-3-5-11(13)10-24-15-8-7-12(18)9-14(15)19/h3-9H,10H2,1-2H3,(H2,20,21). The highest BCUT2D eigenvalue weighted by Gasteiger charge is 2.15. The fourth-order valence-electron chi connectivity index (χ4n) is 2.06. The van der Waals surface area contributed by atoms with Crippen LogP contribution < -0.4 is 10.5 Å². The van der Waals surface area contributed by atoms with E-state index in [4.69, 9.17) is 15.3 Å². The third-order valence-corrected chi connectivity index (χ3v) is 3.22. The molecule has 0 saturated carbocycles. The maximum absolute atomic E-state index is 13.7. The van der Waals surface area contributed by atoms with E-state index in [1.165, 1.54) is 20.2 Å². The Hall–Kier alpha value is -2.96. The predicted molar refractivity (Wildman–Crippen MR) is 88.2 cm³/mol. The second kappa shape index (κ2) is 8.05. The number of hydrogen-bond acceptors (Lipinski definition) is 4. The van der Waals surface area contributed by atoms with Crippen molar-refractivity contribution in [3.63, 3.8) is 0 Å². The number of amidine groups is 1. The first-order valence-corrected chi connectivity index (χ1v) is 7.06. The first-order chi connectivity index (χ1) is 11.6. The van der Waals surface area contributed by atoms with Crippen LogP contribution >= 0.6 is 0 Å². The summed E-state index contributed by atoms with van der Waals surface area (Å²) < 4.78 is 32.1. The van der Waals surface area contributed by atoms with Crippen LogP contribution in [0.3, 0.4) is 0 Å². The van der Waals surface area contributed by atoms with Gasteiger partial charge in [0.05, 0.1) is 0 Å². The van der Waals surface area contributed by atoms with E-state index in [1.54, 1.807) is 24.3 Å². The quantitative estimate of drug-likeness (QED) is 0.502. The minimum atomic E-state index is -0.770. The topological polar surface area (TPSA) is 69.2 Å². The maximum Gasteiger partial charge on any atom is 0.167 e. The van der Waals surface area contributed by atoms with Crippen LogP contribution in [0.5, 0.6) is 5.75 Å². The van der Waals surface area contributed by atoms with Gasteiger partial charge in [-0.25, -0.2) is 8.78 Å². The third kappa shape index (κ3) is 4.07. The first kappa shape index (κ1) is 17.4. The Labute approximate surface area is 138 Å².